The highest BCUT2D eigenvalue weighted by Crippen LogP contribution is 2.29. The van der Waals surface area contributed by atoms with Gasteiger partial charge in [0, 0.05) is 31.0 Å². The first kappa shape index (κ1) is 29.7. The summed E-state index contributed by atoms with van der Waals surface area (Å²) in [6.07, 6.45) is 1.74. The van der Waals surface area contributed by atoms with Crippen LogP contribution in [0.4, 0.5) is 0 Å². The third kappa shape index (κ3) is 8.17. The number of nitrogens with zero attached hydrogens (tertiary/aromatic N) is 2. The van der Waals surface area contributed by atoms with E-state index in [1.54, 1.807) is 54.7 Å². The molecule has 0 bridgehead atoms. The second-order valence-electron chi connectivity index (χ2n) is 10.2. The molecule has 43 heavy (non-hydrogen) atoms. The van der Waals surface area contributed by atoms with E-state index < -0.39 is 30.4 Å². The summed E-state index contributed by atoms with van der Waals surface area (Å²) in [6, 6.07) is 26.0. The molecule has 3 aromatic carbocycles. The molecule has 9 heteroatoms. The molecule has 1 fully saturated rings. The summed E-state index contributed by atoms with van der Waals surface area (Å²) >= 11 is 0. The Morgan fingerprint density at radius 1 is 0.860 bits per heavy atom. The summed E-state index contributed by atoms with van der Waals surface area (Å²) < 4.78 is 29.2. The molecule has 1 aliphatic heterocycles. The van der Waals surface area contributed by atoms with Crippen LogP contribution in [-0.4, -0.2) is 54.1 Å². The zero-order valence-corrected chi connectivity index (χ0v) is 24.2. The van der Waals surface area contributed by atoms with Gasteiger partial charge in [-0.15, -0.1) is 0 Å². The highest BCUT2D eigenvalue weighted by molar-refractivity contribution is 5.89. The van der Waals surface area contributed by atoms with Crippen LogP contribution >= 0.6 is 0 Å². The third-order valence-electron chi connectivity index (χ3n) is 7.07. The Labute approximate surface area is 250 Å². The van der Waals surface area contributed by atoms with Gasteiger partial charge in [-0.2, -0.15) is 4.98 Å². The largest absolute Gasteiger partial charge is 0.467 e. The summed E-state index contributed by atoms with van der Waals surface area (Å²) in [5, 5.41) is 0. The maximum atomic E-state index is 12.9. The number of rotatable bonds is 11. The Morgan fingerprint density at radius 3 is 2.16 bits per heavy atom. The van der Waals surface area contributed by atoms with E-state index >= 15 is 0 Å². The second-order valence-corrected chi connectivity index (χ2v) is 10.2. The first-order valence-electron chi connectivity index (χ1n) is 14.3. The number of hydrogen-bond acceptors (Lipinski definition) is 9. The lowest BCUT2D eigenvalue weighted by molar-refractivity contribution is -0.186. The number of methoxy groups -OCH3 is 1. The van der Waals surface area contributed by atoms with Crippen LogP contribution in [0.25, 0.3) is 0 Å². The van der Waals surface area contributed by atoms with Gasteiger partial charge in [0.05, 0.1) is 24.3 Å². The zero-order valence-electron chi connectivity index (χ0n) is 24.2. The Hall–Kier alpha value is -4.76. The molecular weight excluding hydrogens is 548 g/mol. The number of carbonyl (C=O) groups is 2. The Bertz CT molecular complexity index is 1500. The van der Waals surface area contributed by atoms with Gasteiger partial charge >= 0.3 is 17.9 Å². The van der Waals surface area contributed by atoms with Gasteiger partial charge in [0.25, 0.3) is 0 Å². The SMILES string of the molecule is CCc1ccc(Cc2cnc(OC)nc2OC2CC(OC(=O)c3ccccc3)CC(COC(=O)c3ccccc3)O2)cc1. The number of benzene rings is 3. The van der Waals surface area contributed by atoms with Crippen molar-refractivity contribution in [3.8, 4) is 11.9 Å². The van der Waals surface area contributed by atoms with Crippen molar-refractivity contribution in [1.82, 2.24) is 9.97 Å². The number of esters is 2. The van der Waals surface area contributed by atoms with E-state index in [2.05, 4.69) is 41.2 Å². The summed E-state index contributed by atoms with van der Waals surface area (Å²) in [5.74, 6) is -0.625. The molecule has 1 aromatic heterocycles. The molecule has 1 saturated heterocycles. The van der Waals surface area contributed by atoms with Gasteiger partial charge in [0.15, 0.2) is 0 Å². The average Bonchev–Trinajstić information content (AvgIpc) is 3.05. The van der Waals surface area contributed by atoms with Gasteiger partial charge in [-0.25, -0.2) is 14.6 Å². The molecule has 2 heterocycles. The van der Waals surface area contributed by atoms with Crippen molar-refractivity contribution >= 4 is 11.9 Å². The molecule has 3 unspecified atom stereocenters. The topological polar surface area (TPSA) is 106 Å². The van der Waals surface area contributed by atoms with Gasteiger partial charge in [-0.1, -0.05) is 67.6 Å². The average molecular weight is 583 g/mol. The van der Waals surface area contributed by atoms with Gasteiger partial charge < -0.3 is 23.7 Å². The molecule has 0 amide bonds. The van der Waals surface area contributed by atoms with E-state index in [4.69, 9.17) is 23.7 Å². The predicted octanol–water partition coefficient (Wildman–Crippen LogP) is 5.60. The maximum Gasteiger partial charge on any atom is 0.338 e. The molecule has 4 aromatic rings. The number of hydrogen-bond donors (Lipinski definition) is 0. The molecule has 0 N–H and O–H groups in total. The minimum Gasteiger partial charge on any atom is -0.467 e. The van der Waals surface area contributed by atoms with Crippen molar-refractivity contribution in [3.63, 3.8) is 0 Å². The lowest BCUT2D eigenvalue weighted by Gasteiger charge is -2.34. The van der Waals surface area contributed by atoms with Gasteiger partial charge in [0.2, 0.25) is 12.2 Å². The lowest BCUT2D eigenvalue weighted by Crippen LogP contribution is -2.43. The highest BCUT2D eigenvalue weighted by atomic mass is 16.7. The van der Waals surface area contributed by atoms with Crippen LogP contribution in [0.5, 0.6) is 11.9 Å². The Morgan fingerprint density at radius 2 is 1.51 bits per heavy atom. The van der Waals surface area contributed by atoms with Crippen molar-refractivity contribution in [3.05, 3.63) is 119 Å². The molecule has 3 atom stereocenters. The number of aryl methyl sites for hydroxylation is 1. The molecule has 222 valence electrons. The van der Waals surface area contributed by atoms with Crippen LogP contribution in [0, 0.1) is 0 Å². The molecular formula is C34H34N2O7. The first-order valence-corrected chi connectivity index (χ1v) is 14.3. The van der Waals surface area contributed by atoms with Gasteiger partial charge in [0.1, 0.15) is 12.7 Å². The van der Waals surface area contributed by atoms with E-state index in [9.17, 15) is 9.59 Å². The zero-order chi connectivity index (χ0) is 30.0. The second kappa shape index (κ2) is 14.4. The fourth-order valence-electron chi connectivity index (χ4n) is 4.76. The molecule has 9 nitrogen and oxygen atoms in total. The van der Waals surface area contributed by atoms with E-state index in [1.165, 1.54) is 12.7 Å². The minimum absolute atomic E-state index is 0.0449. The monoisotopic (exact) mass is 582 g/mol. The van der Waals surface area contributed by atoms with Crippen LogP contribution in [0.2, 0.25) is 0 Å². The van der Waals surface area contributed by atoms with Crippen LogP contribution in [0.3, 0.4) is 0 Å². The number of ether oxygens (including phenoxy) is 5. The van der Waals surface area contributed by atoms with Crippen molar-refractivity contribution in [1.29, 1.82) is 0 Å². The molecule has 0 radical (unpaired) electrons. The first-order chi connectivity index (χ1) is 21.0. The summed E-state index contributed by atoms with van der Waals surface area (Å²) in [6.45, 7) is 2.07. The standard InChI is InChI=1S/C34H34N2O7/c1-3-23-14-16-24(17-15-23)18-27-21-35-34(39-2)36-31(27)43-30-20-28(42-33(38)26-12-8-5-9-13-26)19-29(41-30)22-40-32(37)25-10-6-4-7-11-25/h4-17,21,28-30H,3,18-20,22H2,1-2H3. The maximum absolute atomic E-state index is 12.9. The van der Waals surface area contributed by atoms with Crippen molar-refractivity contribution in [2.75, 3.05) is 13.7 Å². The van der Waals surface area contributed by atoms with Gasteiger partial charge in [-0.3, -0.25) is 0 Å². The minimum atomic E-state index is -0.844. The highest BCUT2D eigenvalue weighted by Gasteiger charge is 2.35. The lowest BCUT2D eigenvalue weighted by atomic mass is 10.0. The smallest absolute Gasteiger partial charge is 0.338 e. The third-order valence-corrected chi connectivity index (χ3v) is 7.07. The van der Waals surface area contributed by atoms with E-state index in [0.717, 1.165) is 17.5 Å². The predicted molar refractivity (Wildman–Crippen MR) is 158 cm³/mol. The summed E-state index contributed by atoms with van der Waals surface area (Å²) in [5.41, 5.74) is 3.93. The van der Waals surface area contributed by atoms with Crippen LogP contribution in [-0.2, 0) is 27.1 Å². The summed E-state index contributed by atoms with van der Waals surface area (Å²) in [4.78, 5) is 34.2. The van der Waals surface area contributed by atoms with Crippen molar-refractivity contribution in [2.24, 2.45) is 0 Å². The van der Waals surface area contributed by atoms with E-state index in [1.807, 2.05) is 12.1 Å². The Kier molecular flexibility index (Phi) is 9.97. The summed E-state index contributed by atoms with van der Waals surface area (Å²) in [7, 11) is 1.48. The van der Waals surface area contributed by atoms with Crippen LogP contribution in [0.1, 0.15) is 57.2 Å². The number of aromatic nitrogens is 2. The normalized spacial score (nSPS) is 18.0. The molecule has 0 spiro atoms. The van der Waals surface area contributed by atoms with E-state index in [-0.39, 0.29) is 19.0 Å². The molecule has 0 saturated carbocycles. The molecule has 0 aliphatic carbocycles. The van der Waals surface area contributed by atoms with E-state index in [0.29, 0.717) is 29.8 Å². The fourth-order valence-corrected chi connectivity index (χ4v) is 4.76. The van der Waals surface area contributed by atoms with Gasteiger partial charge in [-0.05, 0) is 41.8 Å². The fraction of sp³-hybridized carbons (Fsp3) is 0.294. The molecule has 1 aliphatic rings. The quantitative estimate of drug-likeness (QED) is 0.209. The Balaban J connectivity index is 1.33. The van der Waals surface area contributed by atoms with Crippen molar-refractivity contribution < 1.29 is 33.3 Å². The number of carbonyl (C=O) groups excluding carboxylic acids is 2. The van der Waals surface area contributed by atoms with Crippen LogP contribution < -0.4 is 9.47 Å². The van der Waals surface area contributed by atoms with Crippen LogP contribution in [0.15, 0.2) is 91.1 Å². The van der Waals surface area contributed by atoms with Crippen molar-refractivity contribution in [2.45, 2.75) is 51.1 Å². The molecule has 5 rings (SSSR count).